The van der Waals surface area contributed by atoms with Crippen molar-refractivity contribution in [2.45, 2.75) is 27.3 Å². The van der Waals surface area contributed by atoms with Crippen LogP contribution in [0.1, 0.15) is 41.6 Å². The molecule has 2 heterocycles. The number of esters is 1. The summed E-state index contributed by atoms with van der Waals surface area (Å²) in [6.07, 6.45) is 1.32. The van der Waals surface area contributed by atoms with Gasteiger partial charge in [-0.25, -0.2) is 14.2 Å². The van der Waals surface area contributed by atoms with Crippen LogP contribution in [0.15, 0.2) is 17.1 Å². The lowest BCUT2D eigenvalue weighted by Crippen LogP contribution is -2.22. The second kappa shape index (κ2) is 6.05. The number of hydrogen-bond acceptors (Lipinski definition) is 5. The summed E-state index contributed by atoms with van der Waals surface area (Å²) in [5.41, 5.74) is -1.03. The molecule has 0 aromatic carbocycles. The number of fused-ring (bicyclic) bond motifs is 1. The highest BCUT2D eigenvalue weighted by atomic mass is 19.1. The van der Waals surface area contributed by atoms with Gasteiger partial charge in [-0.1, -0.05) is 0 Å². The number of Topliss-reactive ketones (excluding diaryl/α,β-unsaturated/α-hetero) is 1. The van der Waals surface area contributed by atoms with E-state index in [0.717, 1.165) is 6.07 Å². The van der Waals surface area contributed by atoms with Crippen LogP contribution < -0.4 is 5.43 Å². The van der Waals surface area contributed by atoms with Gasteiger partial charge in [0.2, 0.25) is 5.43 Å². The molecule has 2 aromatic heterocycles. The van der Waals surface area contributed by atoms with Crippen LogP contribution in [0.5, 0.6) is 0 Å². The molecule has 0 spiro atoms. The van der Waals surface area contributed by atoms with Gasteiger partial charge in [0.25, 0.3) is 0 Å². The van der Waals surface area contributed by atoms with Gasteiger partial charge in [0.1, 0.15) is 16.9 Å². The van der Waals surface area contributed by atoms with E-state index < -0.39 is 23.0 Å². The summed E-state index contributed by atoms with van der Waals surface area (Å²) in [6, 6.07) is 0.941. The first kappa shape index (κ1) is 15.8. The molecule has 6 nitrogen and oxygen atoms in total. The molecule has 0 bridgehead atoms. The Morgan fingerprint density at radius 3 is 2.59 bits per heavy atom. The summed E-state index contributed by atoms with van der Waals surface area (Å²) in [5.74, 6) is -2.20. The molecule has 116 valence electrons. The zero-order valence-electron chi connectivity index (χ0n) is 12.5. The quantitative estimate of drug-likeness (QED) is 0.637. The molecule has 0 N–H and O–H groups in total. The fourth-order valence-electron chi connectivity index (χ4n) is 2.13. The Balaban J connectivity index is 2.84. The number of hydrogen-bond donors (Lipinski definition) is 0. The van der Waals surface area contributed by atoms with Gasteiger partial charge in [0.05, 0.1) is 12.0 Å². The second-order valence-electron chi connectivity index (χ2n) is 4.62. The van der Waals surface area contributed by atoms with Crippen LogP contribution in [0.4, 0.5) is 4.39 Å². The van der Waals surface area contributed by atoms with Crippen molar-refractivity contribution in [1.82, 2.24) is 9.55 Å². The molecule has 0 radical (unpaired) electrons. The number of aryl methyl sites for hydroxylation is 1. The minimum Gasteiger partial charge on any atom is -0.462 e. The third kappa shape index (κ3) is 2.61. The molecule has 2 rings (SSSR count). The van der Waals surface area contributed by atoms with Gasteiger partial charge >= 0.3 is 5.97 Å². The van der Waals surface area contributed by atoms with E-state index in [1.165, 1.54) is 17.7 Å². The van der Waals surface area contributed by atoms with Crippen LogP contribution in [0, 0.1) is 5.82 Å². The molecule has 0 aliphatic carbocycles. The van der Waals surface area contributed by atoms with Crippen molar-refractivity contribution >= 4 is 22.8 Å². The standard InChI is InChI=1S/C15H15FN2O4/c1-4-18-7-10(15(21)22-5-2)13(20)9-6-11(16)12(8(3)19)17-14(9)18/h6-7H,4-5H2,1-3H3. The average Bonchev–Trinajstić information content (AvgIpc) is 2.47. The summed E-state index contributed by atoms with van der Waals surface area (Å²) in [5, 5.41) is -0.0603. The SMILES string of the molecule is CCOC(=O)c1cn(CC)c2nc(C(C)=O)c(F)cc2c1=O. The van der Waals surface area contributed by atoms with Crippen molar-refractivity contribution in [1.29, 1.82) is 0 Å². The lowest BCUT2D eigenvalue weighted by atomic mass is 10.1. The van der Waals surface area contributed by atoms with Crippen molar-refractivity contribution < 1.29 is 18.7 Å². The highest BCUT2D eigenvalue weighted by molar-refractivity contribution is 5.96. The van der Waals surface area contributed by atoms with Gasteiger partial charge in [0, 0.05) is 19.7 Å². The zero-order valence-corrected chi connectivity index (χ0v) is 12.5. The Labute approximate surface area is 125 Å². The highest BCUT2D eigenvalue weighted by Gasteiger charge is 2.20. The normalized spacial score (nSPS) is 10.7. The Hall–Kier alpha value is -2.57. The second-order valence-corrected chi connectivity index (χ2v) is 4.62. The van der Waals surface area contributed by atoms with E-state index in [4.69, 9.17) is 4.74 Å². The predicted molar refractivity (Wildman–Crippen MR) is 77.6 cm³/mol. The first-order chi connectivity index (χ1) is 10.4. The van der Waals surface area contributed by atoms with Crippen LogP contribution in [0.25, 0.3) is 11.0 Å². The fraction of sp³-hybridized carbons (Fsp3) is 0.333. The first-order valence-electron chi connectivity index (χ1n) is 6.82. The van der Waals surface area contributed by atoms with E-state index in [-0.39, 0.29) is 28.9 Å². The number of carbonyl (C=O) groups excluding carboxylic acids is 2. The molecule has 0 fully saturated rings. The van der Waals surface area contributed by atoms with Crippen LogP contribution in [0.2, 0.25) is 0 Å². The molecule has 22 heavy (non-hydrogen) atoms. The lowest BCUT2D eigenvalue weighted by molar-refractivity contribution is 0.0524. The van der Waals surface area contributed by atoms with Gasteiger partial charge in [-0.05, 0) is 19.9 Å². The topological polar surface area (TPSA) is 78.3 Å². The number of pyridine rings is 2. The van der Waals surface area contributed by atoms with Crippen LogP contribution in [-0.2, 0) is 11.3 Å². The lowest BCUT2D eigenvalue weighted by Gasteiger charge is -2.11. The predicted octanol–water partition coefficient (Wildman–Crippen LogP) is 1.93. The molecule has 0 aliphatic rings. The summed E-state index contributed by atoms with van der Waals surface area (Å²) < 4.78 is 20.3. The maximum atomic E-state index is 13.9. The monoisotopic (exact) mass is 306 g/mol. The molecule has 0 amide bonds. The number of nitrogens with zero attached hydrogens (tertiary/aromatic N) is 2. The first-order valence-corrected chi connectivity index (χ1v) is 6.82. The maximum Gasteiger partial charge on any atom is 0.343 e. The van der Waals surface area contributed by atoms with E-state index in [1.54, 1.807) is 13.8 Å². The van der Waals surface area contributed by atoms with Crippen molar-refractivity contribution in [3.8, 4) is 0 Å². The fourth-order valence-corrected chi connectivity index (χ4v) is 2.13. The number of ether oxygens (including phenoxy) is 1. The largest absolute Gasteiger partial charge is 0.462 e. The van der Waals surface area contributed by atoms with Gasteiger partial charge < -0.3 is 9.30 Å². The molecule has 0 atom stereocenters. The summed E-state index contributed by atoms with van der Waals surface area (Å²) >= 11 is 0. The third-order valence-corrected chi connectivity index (χ3v) is 3.17. The van der Waals surface area contributed by atoms with E-state index in [9.17, 15) is 18.8 Å². The molecule has 7 heteroatoms. The summed E-state index contributed by atoms with van der Waals surface area (Å²) in [7, 11) is 0. The number of carbonyl (C=O) groups is 2. The number of halogens is 1. The third-order valence-electron chi connectivity index (χ3n) is 3.17. The van der Waals surface area contributed by atoms with Crippen molar-refractivity contribution in [3.05, 3.63) is 39.6 Å². The Bertz CT molecular complexity index is 826. The minimum absolute atomic E-state index is 0.0603. The van der Waals surface area contributed by atoms with Crippen molar-refractivity contribution in [2.24, 2.45) is 0 Å². The van der Waals surface area contributed by atoms with Crippen molar-refractivity contribution in [2.75, 3.05) is 6.61 Å². The summed E-state index contributed by atoms with van der Waals surface area (Å²) in [4.78, 5) is 39.5. The van der Waals surface area contributed by atoms with E-state index in [1.807, 2.05) is 0 Å². The van der Waals surface area contributed by atoms with Crippen LogP contribution in [0.3, 0.4) is 0 Å². The Morgan fingerprint density at radius 1 is 1.36 bits per heavy atom. The minimum atomic E-state index is -0.888. The number of aromatic nitrogens is 2. The van der Waals surface area contributed by atoms with E-state index in [2.05, 4.69) is 4.98 Å². The molecular weight excluding hydrogens is 291 g/mol. The van der Waals surface area contributed by atoms with Crippen LogP contribution in [-0.4, -0.2) is 27.9 Å². The molecule has 0 unspecified atom stereocenters. The van der Waals surface area contributed by atoms with Gasteiger partial charge in [-0.2, -0.15) is 0 Å². The van der Waals surface area contributed by atoms with E-state index >= 15 is 0 Å². The molecule has 0 saturated heterocycles. The average molecular weight is 306 g/mol. The summed E-state index contributed by atoms with van der Waals surface area (Å²) in [6.45, 7) is 5.10. The van der Waals surface area contributed by atoms with Gasteiger partial charge in [0.15, 0.2) is 11.6 Å². The number of ketones is 1. The smallest absolute Gasteiger partial charge is 0.343 e. The highest BCUT2D eigenvalue weighted by Crippen LogP contribution is 2.15. The van der Waals surface area contributed by atoms with Crippen LogP contribution >= 0.6 is 0 Å². The van der Waals surface area contributed by atoms with Gasteiger partial charge in [-0.15, -0.1) is 0 Å². The zero-order chi connectivity index (χ0) is 16.4. The van der Waals surface area contributed by atoms with Crippen molar-refractivity contribution in [3.63, 3.8) is 0 Å². The molecule has 2 aromatic rings. The number of rotatable bonds is 4. The Kier molecular flexibility index (Phi) is 4.35. The molecule has 0 saturated carbocycles. The van der Waals surface area contributed by atoms with Gasteiger partial charge in [-0.3, -0.25) is 9.59 Å². The molecular formula is C15H15FN2O4. The maximum absolute atomic E-state index is 13.9. The van der Waals surface area contributed by atoms with E-state index in [0.29, 0.717) is 6.54 Å². The Morgan fingerprint density at radius 2 is 2.05 bits per heavy atom. The molecule has 0 aliphatic heterocycles.